The molecule has 0 aliphatic heterocycles. The lowest BCUT2D eigenvalue weighted by molar-refractivity contribution is 0.102. The van der Waals surface area contributed by atoms with Crippen LogP contribution in [0, 0.1) is 10.5 Å². The number of nitrogens with one attached hydrogen (secondary N) is 1. The number of aryl methyl sites for hydroxylation is 1. The van der Waals surface area contributed by atoms with Crippen molar-refractivity contribution < 1.29 is 4.79 Å². The first-order valence-corrected chi connectivity index (χ1v) is 7.27. The molecule has 2 aromatic rings. The van der Waals surface area contributed by atoms with Crippen molar-refractivity contribution in [1.82, 2.24) is 0 Å². The lowest BCUT2D eigenvalue weighted by Gasteiger charge is -2.08. The maximum atomic E-state index is 12.1. The molecule has 18 heavy (non-hydrogen) atoms. The zero-order valence-corrected chi connectivity index (χ0v) is 13.4. The molecular formula is C14H11BrINO. The minimum absolute atomic E-state index is 0.0873. The fourth-order valence-electron chi connectivity index (χ4n) is 1.51. The topological polar surface area (TPSA) is 29.1 Å². The van der Waals surface area contributed by atoms with Gasteiger partial charge in [-0.05, 0) is 59.3 Å². The van der Waals surface area contributed by atoms with E-state index in [-0.39, 0.29) is 5.91 Å². The molecule has 2 rings (SSSR count). The van der Waals surface area contributed by atoms with Gasteiger partial charge in [0.15, 0.2) is 0 Å². The second kappa shape index (κ2) is 5.84. The monoisotopic (exact) mass is 415 g/mol. The van der Waals surface area contributed by atoms with Gasteiger partial charge in [-0.3, -0.25) is 4.79 Å². The number of carbonyl (C=O) groups excluding carboxylic acids is 1. The molecule has 0 saturated carbocycles. The Hall–Kier alpha value is -0.880. The highest BCUT2D eigenvalue weighted by Gasteiger charge is 2.09. The van der Waals surface area contributed by atoms with Crippen LogP contribution in [0.2, 0.25) is 0 Å². The molecule has 0 radical (unpaired) electrons. The van der Waals surface area contributed by atoms with E-state index in [4.69, 9.17) is 0 Å². The zero-order valence-electron chi connectivity index (χ0n) is 9.71. The van der Waals surface area contributed by atoms with E-state index in [1.54, 1.807) is 0 Å². The van der Waals surface area contributed by atoms with Crippen LogP contribution in [0.25, 0.3) is 0 Å². The van der Waals surface area contributed by atoms with Crippen LogP contribution < -0.4 is 5.32 Å². The van der Waals surface area contributed by atoms with E-state index >= 15 is 0 Å². The summed E-state index contributed by atoms with van der Waals surface area (Å²) in [5, 5.41) is 2.89. The summed E-state index contributed by atoms with van der Waals surface area (Å²) in [6.07, 6.45) is 0. The Morgan fingerprint density at radius 2 is 1.94 bits per heavy atom. The SMILES string of the molecule is Cc1ccc(NC(=O)c2ccccc2I)cc1Br. The summed E-state index contributed by atoms with van der Waals surface area (Å²) in [6.45, 7) is 2.01. The van der Waals surface area contributed by atoms with Crippen molar-refractivity contribution in [3.63, 3.8) is 0 Å². The first-order chi connectivity index (χ1) is 8.58. The molecule has 1 amide bonds. The Morgan fingerprint density at radius 3 is 2.61 bits per heavy atom. The van der Waals surface area contributed by atoms with Crippen molar-refractivity contribution in [3.8, 4) is 0 Å². The summed E-state index contributed by atoms with van der Waals surface area (Å²) < 4.78 is 1.93. The molecule has 0 fully saturated rings. The molecule has 92 valence electrons. The average molecular weight is 416 g/mol. The van der Waals surface area contributed by atoms with E-state index in [9.17, 15) is 4.79 Å². The Kier molecular flexibility index (Phi) is 4.40. The van der Waals surface area contributed by atoms with Crippen molar-refractivity contribution in [2.75, 3.05) is 5.32 Å². The number of halogens is 2. The van der Waals surface area contributed by atoms with Crippen molar-refractivity contribution in [2.45, 2.75) is 6.92 Å². The minimum Gasteiger partial charge on any atom is -0.322 e. The van der Waals surface area contributed by atoms with Crippen LogP contribution in [0.3, 0.4) is 0 Å². The fourth-order valence-corrected chi connectivity index (χ4v) is 2.53. The van der Waals surface area contributed by atoms with Crippen LogP contribution in [0.4, 0.5) is 5.69 Å². The maximum absolute atomic E-state index is 12.1. The van der Waals surface area contributed by atoms with Crippen LogP contribution in [0.15, 0.2) is 46.9 Å². The predicted molar refractivity (Wildman–Crippen MR) is 86.0 cm³/mol. The highest BCUT2D eigenvalue weighted by molar-refractivity contribution is 14.1. The number of carbonyl (C=O) groups is 1. The predicted octanol–water partition coefficient (Wildman–Crippen LogP) is 4.61. The Bertz CT molecular complexity index is 598. The maximum Gasteiger partial charge on any atom is 0.256 e. The third kappa shape index (κ3) is 3.11. The van der Waals surface area contributed by atoms with Gasteiger partial charge in [0.1, 0.15) is 0 Å². The van der Waals surface area contributed by atoms with Crippen LogP contribution in [0.1, 0.15) is 15.9 Å². The normalized spacial score (nSPS) is 10.2. The summed E-state index contributed by atoms with van der Waals surface area (Å²) in [7, 11) is 0. The van der Waals surface area contributed by atoms with Gasteiger partial charge in [-0.15, -0.1) is 0 Å². The molecule has 0 aromatic heterocycles. The molecule has 0 saturated heterocycles. The molecular weight excluding hydrogens is 405 g/mol. The van der Waals surface area contributed by atoms with E-state index in [0.29, 0.717) is 5.56 Å². The molecule has 1 N–H and O–H groups in total. The summed E-state index contributed by atoms with van der Waals surface area (Å²) in [6, 6.07) is 13.3. The Morgan fingerprint density at radius 1 is 1.22 bits per heavy atom. The summed E-state index contributed by atoms with van der Waals surface area (Å²) in [5.74, 6) is -0.0873. The van der Waals surface area contributed by atoms with E-state index in [1.807, 2.05) is 49.4 Å². The van der Waals surface area contributed by atoms with Gasteiger partial charge in [0.25, 0.3) is 5.91 Å². The molecule has 2 aromatic carbocycles. The number of hydrogen-bond donors (Lipinski definition) is 1. The summed E-state index contributed by atoms with van der Waals surface area (Å²) >= 11 is 5.61. The first kappa shape index (κ1) is 13.5. The van der Waals surface area contributed by atoms with E-state index in [1.165, 1.54) is 0 Å². The molecule has 2 nitrogen and oxygen atoms in total. The zero-order chi connectivity index (χ0) is 13.1. The average Bonchev–Trinajstić information content (AvgIpc) is 2.34. The van der Waals surface area contributed by atoms with Crippen LogP contribution >= 0.6 is 38.5 Å². The molecule has 0 aliphatic rings. The number of anilines is 1. The minimum atomic E-state index is -0.0873. The van der Waals surface area contributed by atoms with Gasteiger partial charge in [0.2, 0.25) is 0 Å². The van der Waals surface area contributed by atoms with Gasteiger partial charge in [-0.25, -0.2) is 0 Å². The van der Waals surface area contributed by atoms with Crippen molar-refractivity contribution in [1.29, 1.82) is 0 Å². The van der Waals surface area contributed by atoms with Crippen LogP contribution in [-0.2, 0) is 0 Å². The number of rotatable bonds is 2. The molecule has 0 atom stereocenters. The quantitative estimate of drug-likeness (QED) is 0.712. The van der Waals surface area contributed by atoms with Gasteiger partial charge in [-0.1, -0.05) is 34.1 Å². The Balaban J connectivity index is 2.22. The third-order valence-electron chi connectivity index (χ3n) is 2.55. The molecule has 0 bridgehead atoms. The van der Waals surface area contributed by atoms with Gasteiger partial charge >= 0.3 is 0 Å². The molecule has 0 unspecified atom stereocenters. The number of benzene rings is 2. The van der Waals surface area contributed by atoms with E-state index < -0.39 is 0 Å². The van der Waals surface area contributed by atoms with Crippen molar-refractivity contribution in [3.05, 3.63) is 61.6 Å². The lowest BCUT2D eigenvalue weighted by atomic mass is 10.2. The van der Waals surface area contributed by atoms with Crippen molar-refractivity contribution >= 4 is 50.1 Å². The largest absolute Gasteiger partial charge is 0.322 e. The highest BCUT2D eigenvalue weighted by Crippen LogP contribution is 2.21. The summed E-state index contributed by atoms with van der Waals surface area (Å²) in [5.41, 5.74) is 2.62. The van der Waals surface area contributed by atoms with Crippen LogP contribution in [0.5, 0.6) is 0 Å². The standard InChI is InChI=1S/C14H11BrINO/c1-9-6-7-10(8-12(9)15)17-14(18)11-4-2-3-5-13(11)16/h2-8H,1H3,(H,17,18). The van der Waals surface area contributed by atoms with Crippen LogP contribution in [-0.4, -0.2) is 5.91 Å². The Labute approximate surface area is 128 Å². The third-order valence-corrected chi connectivity index (χ3v) is 4.34. The summed E-state index contributed by atoms with van der Waals surface area (Å²) in [4.78, 5) is 12.1. The molecule has 0 heterocycles. The number of hydrogen-bond acceptors (Lipinski definition) is 1. The number of amides is 1. The molecule has 0 spiro atoms. The molecule has 0 aliphatic carbocycles. The second-order valence-corrected chi connectivity index (χ2v) is 5.91. The highest BCUT2D eigenvalue weighted by atomic mass is 127. The van der Waals surface area contributed by atoms with Gasteiger partial charge in [0.05, 0.1) is 5.56 Å². The van der Waals surface area contributed by atoms with Gasteiger partial charge in [0, 0.05) is 13.7 Å². The van der Waals surface area contributed by atoms with Crippen molar-refractivity contribution in [2.24, 2.45) is 0 Å². The van der Waals surface area contributed by atoms with E-state index in [2.05, 4.69) is 43.8 Å². The molecule has 4 heteroatoms. The van der Waals surface area contributed by atoms with E-state index in [0.717, 1.165) is 19.3 Å². The van der Waals surface area contributed by atoms with Gasteiger partial charge < -0.3 is 5.32 Å². The fraction of sp³-hybridized carbons (Fsp3) is 0.0714. The second-order valence-electron chi connectivity index (χ2n) is 3.90. The smallest absolute Gasteiger partial charge is 0.256 e. The first-order valence-electron chi connectivity index (χ1n) is 5.40. The lowest BCUT2D eigenvalue weighted by Crippen LogP contribution is -2.13. The van der Waals surface area contributed by atoms with Gasteiger partial charge in [-0.2, -0.15) is 0 Å².